The van der Waals surface area contributed by atoms with Crippen LogP contribution in [0.25, 0.3) is 19.5 Å². The van der Waals surface area contributed by atoms with Gasteiger partial charge in [0.1, 0.15) is 0 Å². The Morgan fingerprint density at radius 2 is 0.892 bits per heavy atom. The Morgan fingerprint density at radius 1 is 0.542 bits per heavy atom. The molecule has 0 bridgehead atoms. The summed E-state index contributed by atoms with van der Waals surface area (Å²) in [7, 11) is -7.71. The molecule has 6 rings (SSSR count). The molecule has 0 radical (unpaired) electrons. The van der Waals surface area contributed by atoms with Crippen LogP contribution >= 0.6 is 68.0 Å². The van der Waals surface area contributed by atoms with Crippen molar-refractivity contribution in [3.05, 3.63) is 113 Å². The summed E-state index contributed by atoms with van der Waals surface area (Å²) in [5.74, 6) is -1.18. The number of amides is 3. The molecule has 83 heavy (non-hydrogen) atoms. The smallest absolute Gasteiger partial charge is 0.748 e. The van der Waals surface area contributed by atoms with Crippen molar-refractivity contribution < 1.29 is 98.7 Å². The average molecular weight is 1330 g/mol. The molecule has 0 aliphatic carbocycles. The van der Waals surface area contributed by atoms with Crippen LogP contribution in [0.15, 0.2) is 85.5 Å². The number of hydrogen-bond donors (Lipinski definition) is 6. The summed E-state index contributed by atoms with van der Waals surface area (Å²) in [6.45, 7) is 9.92. The third-order valence-electron chi connectivity index (χ3n) is 8.87. The molecule has 0 spiro atoms. The first-order valence-electron chi connectivity index (χ1n) is 22.7. The molecule has 0 aliphatic rings. The average Bonchev–Trinajstić information content (AvgIpc) is 4.24. The first-order valence-corrected chi connectivity index (χ1v) is 31.3. The monoisotopic (exact) mass is 1330 g/mol. The number of thiophene rings is 6. The van der Waals surface area contributed by atoms with E-state index in [1.165, 1.54) is 64.6 Å². The number of aliphatic hydroxyl groups is 2. The summed E-state index contributed by atoms with van der Waals surface area (Å²) in [5.41, 5.74) is 9.80. The third-order valence-corrected chi connectivity index (χ3v) is 16.3. The first kappa shape index (κ1) is 96.5. The number of carbonyl (C=O) groups is 3. The van der Waals surface area contributed by atoms with Crippen LogP contribution in [0, 0.1) is 13.8 Å². The molecular weight excluding hydrogens is 1240 g/mol. The van der Waals surface area contributed by atoms with Crippen LogP contribution in [0.2, 0.25) is 0 Å². The van der Waals surface area contributed by atoms with Gasteiger partial charge in [-0.05, 0) is 89.1 Å². The molecule has 476 valence electrons. The second-order valence-electron chi connectivity index (χ2n) is 14.4. The minimum absolute atomic E-state index is 0. The fraction of sp³-hybridized carbons (Fsp3) is 0.509. The van der Waals surface area contributed by atoms with Crippen molar-refractivity contribution in [2.45, 2.75) is 80.2 Å². The zero-order chi connectivity index (χ0) is 54.5. The van der Waals surface area contributed by atoms with Crippen LogP contribution < -0.4 is 51.2 Å². The van der Waals surface area contributed by atoms with Crippen molar-refractivity contribution in [1.29, 1.82) is 0 Å². The Bertz CT molecular complexity index is 2530. The van der Waals surface area contributed by atoms with Gasteiger partial charge in [-0.25, -0.2) is 8.42 Å². The van der Waals surface area contributed by atoms with Crippen molar-refractivity contribution >= 4 is 106 Å². The maximum atomic E-state index is 11.5. The van der Waals surface area contributed by atoms with E-state index in [4.69, 9.17) is 34.9 Å². The molecule has 28 heteroatoms. The molecule has 6 heterocycles. The number of carbonyl (C=O) groups excluding carboxylic acids is 3. The molecule has 0 saturated carbocycles. The second-order valence-corrected chi connectivity index (χ2v) is 22.9. The molecule has 7 N–H and O–H groups in total. The molecule has 19 nitrogen and oxygen atoms in total. The third kappa shape index (κ3) is 44.3. The fourth-order valence-electron chi connectivity index (χ4n) is 5.26. The van der Waals surface area contributed by atoms with Crippen molar-refractivity contribution in [2.75, 3.05) is 110 Å². The van der Waals surface area contributed by atoms with Crippen LogP contribution in [0.1, 0.15) is 109 Å². The van der Waals surface area contributed by atoms with Gasteiger partial charge in [-0.2, -0.15) is 42.4 Å². The Morgan fingerprint density at radius 3 is 1.18 bits per heavy atom. The Labute approximate surface area is 544 Å². The van der Waals surface area contributed by atoms with Crippen LogP contribution in [0.4, 0.5) is 0 Å². The van der Waals surface area contributed by atoms with Gasteiger partial charge in [0.05, 0.1) is 94.3 Å². The van der Waals surface area contributed by atoms with E-state index in [0.717, 1.165) is 0 Å². The van der Waals surface area contributed by atoms with E-state index >= 15 is 0 Å². The van der Waals surface area contributed by atoms with Crippen LogP contribution in [0.5, 0.6) is 0 Å². The van der Waals surface area contributed by atoms with Gasteiger partial charge < -0.3 is 55.4 Å². The summed E-state index contributed by atoms with van der Waals surface area (Å²) in [6, 6.07) is 13.9. The Balaban J connectivity index is -0.000000141. The van der Waals surface area contributed by atoms with Crippen molar-refractivity contribution in [3.8, 4) is 19.5 Å². The maximum absolute atomic E-state index is 11.5. The van der Waals surface area contributed by atoms with Crippen molar-refractivity contribution in [2.24, 2.45) is 5.73 Å². The zero-order valence-corrected chi connectivity index (χ0v) is 50.8. The molecule has 6 aromatic rings. The molecule has 0 atom stereocenters. The summed E-state index contributed by atoms with van der Waals surface area (Å²) in [4.78, 5) is 39.9. The molecule has 0 aliphatic heterocycles. The Kier molecular flexibility index (Phi) is 67.6. The van der Waals surface area contributed by atoms with Gasteiger partial charge in [0.2, 0.25) is 0 Å². The van der Waals surface area contributed by atoms with Gasteiger partial charge in [0, 0.05) is 78.5 Å². The number of ether oxygens (including phenoxy) is 4. The molecule has 0 saturated heterocycles. The normalized spacial score (nSPS) is 9.67. The maximum Gasteiger partial charge on any atom is 1.00 e. The van der Waals surface area contributed by atoms with Crippen LogP contribution in [0.3, 0.4) is 0 Å². The Hall–Kier alpha value is -2.85. The van der Waals surface area contributed by atoms with Gasteiger partial charge in [-0.3, -0.25) is 18.6 Å². The van der Waals surface area contributed by atoms with E-state index in [2.05, 4.69) is 69.0 Å². The number of aliphatic hydroxyl groups excluding tert-OH is 2. The minimum Gasteiger partial charge on any atom is -0.748 e. The number of rotatable bonds is 28. The van der Waals surface area contributed by atoms with Gasteiger partial charge >= 0.3 is 29.6 Å². The van der Waals surface area contributed by atoms with Crippen molar-refractivity contribution in [3.63, 3.8) is 0 Å². The van der Waals surface area contributed by atoms with E-state index in [9.17, 15) is 35.8 Å². The topological polar surface area (TPSA) is 291 Å². The molecule has 0 aromatic carbocycles. The SMILES string of the molecule is C.C.C.C.C.C.C.C.CCOS(=O)(=O)CCOCCNC(=O)c1ccsc1.Cc1c(-c2cccs2)sc(-c2cccs2)c1C.NCCOCCO.O=C(NCCOCCO)c1ccsc1.O=C(NCCOCCS(=O)(=O)[O-])c1ccsc1.[Na+]. The van der Waals surface area contributed by atoms with E-state index in [0.29, 0.717) is 62.8 Å². The summed E-state index contributed by atoms with van der Waals surface area (Å²) >= 11 is 9.93. The molecule has 0 fully saturated rings. The summed E-state index contributed by atoms with van der Waals surface area (Å²) in [5, 5.41) is 39.6. The van der Waals surface area contributed by atoms with Crippen LogP contribution in [-0.4, -0.2) is 160 Å². The van der Waals surface area contributed by atoms with E-state index in [1.54, 1.807) is 46.6 Å². The molecular formula is C55H97N4NaO15S8. The van der Waals surface area contributed by atoms with Gasteiger partial charge in [0.25, 0.3) is 27.8 Å². The molecule has 3 amide bonds. The molecule has 0 unspecified atom stereocenters. The predicted molar refractivity (Wildman–Crippen MR) is 351 cm³/mol. The molecule has 6 aromatic heterocycles. The van der Waals surface area contributed by atoms with Gasteiger partial charge in [-0.1, -0.05) is 71.5 Å². The zero-order valence-electron chi connectivity index (χ0n) is 42.2. The van der Waals surface area contributed by atoms with Crippen LogP contribution in [-0.2, 0) is 43.4 Å². The number of nitrogens with two attached hydrogens (primary N) is 1. The summed E-state index contributed by atoms with van der Waals surface area (Å²) < 4.78 is 77.3. The van der Waals surface area contributed by atoms with Gasteiger partial charge in [0.15, 0.2) is 0 Å². The second kappa shape index (κ2) is 58.2. The first-order chi connectivity index (χ1) is 35.6. The predicted octanol–water partition coefficient (Wildman–Crippen LogP) is 8.26. The minimum atomic E-state index is -4.22. The quantitative estimate of drug-likeness (QED) is 0.0117. The number of hydrogen-bond acceptors (Lipinski definition) is 22. The van der Waals surface area contributed by atoms with E-state index < -0.39 is 26.0 Å². The standard InChI is InChI=1S/C14H12S3.C11H17NO5S2.C9H13NO5S2.C9H13NO3S.C4H11NO2.8CH4.Na/c1-9-10(2)14(12-6-4-8-16-12)17-13(9)11-5-3-7-15-11;1-2-17-19(14,15)8-6-16-5-4-12-11(13)10-3-7-18-9-10;11-9(8-1-5-16-7-8)10-2-3-15-4-6-17(12,13)14;11-3-5-13-4-2-10-9(12)8-1-6-14-7-8;5-1-3-7-4-2-6;;;;;;;;;/h3-8H,1-2H3;3,7,9H,2,4-6,8H2,1H3,(H,12,13);1,5,7H,2-4,6H2,(H,10,11)(H,12,13,14);1,6-7,11H,2-5H2,(H,10,12);6H,1-5H2;8*1H4;/q;;;;;;;;;;;;;+1/p-1. The number of nitrogens with one attached hydrogen (secondary N) is 3. The summed E-state index contributed by atoms with van der Waals surface area (Å²) in [6.07, 6.45) is 0. The van der Waals surface area contributed by atoms with Gasteiger partial charge in [-0.15, -0.1) is 34.0 Å². The largest absolute Gasteiger partial charge is 1.00 e. The van der Waals surface area contributed by atoms with E-state index in [1.807, 2.05) is 44.8 Å². The van der Waals surface area contributed by atoms with Crippen molar-refractivity contribution in [1.82, 2.24) is 16.0 Å². The van der Waals surface area contributed by atoms with E-state index in [-0.39, 0.29) is 165 Å². The fourth-order valence-corrected chi connectivity index (χ4v) is 11.4.